The highest BCUT2D eigenvalue weighted by molar-refractivity contribution is 7.92. The Kier molecular flexibility index (Phi) is 5.81. The molecule has 0 aliphatic rings. The Morgan fingerprint density at radius 3 is 2.20 bits per heavy atom. The maximum Gasteiger partial charge on any atom is 0.155 e. The van der Waals surface area contributed by atoms with Crippen LogP contribution in [0.3, 0.4) is 0 Å². The molecule has 4 heteroatoms. The van der Waals surface area contributed by atoms with E-state index in [-0.39, 0.29) is 11.8 Å². The maximum atomic E-state index is 11.8. The lowest BCUT2D eigenvalue weighted by atomic mass is 10.2. The van der Waals surface area contributed by atoms with Gasteiger partial charge in [0.1, 0.15) is 0 Å². The summed E-state index contributed by atoms with van der Waals surface area (Å²) in [4.78, 5) is 0. The highest BCUT2D eigenvalue weighted by Gasteiger charge is 2.28. The molecular formula is C11H25NO2S. The lowest BCUT2D eigenvalue weighted by Gasteiger charge is -2.21. The van der Waals surface area contributed by atoms with Crippen molar-refractivity contribution in [2.45, 2.75) is 58.2 Å². The molecule has 1 N–H and O–H groups in total. The van der Waals surface area contributed by atoms with Crippen molar-refractivity contribution < 1.29 is 8.42 Å². The summed E-state index contributed by atoms with van der Waals surface area (Å²) in [6.45, 7) is 10.4. The summed E-state index contributed by atoms with van der Waals surface area (Å²) in [5.74, 6) is 0.272. The molecule has 0 amide bonds. The first-order chi connectivity index (χ1) is 6.70. The molecule has 0 aliphatic carbocycles. The molecule has 0 heterocycles. The molecule has 3 nitrogen and oxygen atoms in total. The van der Waals surface area contributed by atoms with Crippen molar-refractivity contribution in [1.82, 2.24) is 5.32 Å². The largest absolute Gasteiger partial charge is 0.314 e. The number of hydrogen-bond donors (Lipinski definition) is 1. The molecule has 0 fully saturated rings. The summed E-state index contributed by atoms with van der Waals surface area (Å²) in [6.07, 6.45) is 1.77. The summed E-state index contributed by atoms with van der Waals surface area (Å²) in [5.41, 5.74) is 0. The van der Waals surface area contributed by atoms with Gasteiger partial charge in [-0.2, -0.15) is 0 Å². The number of nitrogens with one attached hydrogen (secondary N) is 1. The smallest absolute Gasteiger partial charge is 0.155 e. The monoisotopic (exact) mass is 235 g/mol. The van der Waals surface area contributed by atoms with E-state index < -0.39 is 14.6 Å². The van der Waals surface area contributed by atoms with Gasteiger partial charge in [-0.3, -0.25) is 0 Å². The van der Waals surface area contributed by atoms with Gasteiger partial charge in [0.05, 0.1) is 10.5 Å². The van der Waals surface area contributed by atoms with E-state index in [0.29, 0.717) is 6.42 Å². The van der Waals surface area contributed by atoms with E-state index in [1.54, 1.807) is 20.8 Å². The molecular weight excluding hydrogens is 210 g/mol. The van der Waals surface area contributed by atoms with Crippen molar-refractivity contribution in [3.8, 4) is 0 Å². The van der Waals surface area contributed by atoms with Crippen LogP contribution in [0.2, 0.25) is 0 Å². The molecule has 0 spiro atoms. The zero-order valence-corrected chi connectivity index (χ0v) is 11.4. The van der Waals surface area contributed by atoms with Gasteiger partial charge >= 0.3 is 0 Å². The molecule has 0 bridgehead atoms. The summed E-state index contributed by atoms with van der Waals surface area (Å²) >= 11 is 0. The van der Waals surface area contributed by atoms with Crippen molar-refractivity contribution >= 4 is 9.84 Å². The van der Waals surface area contributed by atoms with Gasteiger partial charge in [0, 0.05) is 6.04 Å². The van der Waals surface area contributed by atoms with Crippen LogP contribution in [-0.4, -0.2) is 31.5 Å². The van der Waals surface area contributed by atoms with E-state index in [1.807, 2.05) is 6.92 Å². The van der Waals surface area contributed by atoms with Gasteiger partial charge in [-0.05, 0) is 47.1 Å². The van der Waals surface area contributed by atoms with Crippen LogP contribution in [0.15, 0.2) is 0 Å². The van der Waals surface area contributed by atoms with Crippen LogP contribution in [-0.2, 0) is 9.84 Å². The molecule has 0 aromatic heterocycles. The summed E-state index contributed by atoms with van der Waals surface area (Å²) in [7, 11) is -2.96. The van der Waals surface area contributed by atoms with Crippen LogP contribution in [0, 0.1) is 0 Å². The third-order valence-corrected chi connectivity index (χ3v) is 5.13. The second-order valence-corrected chi connectivity index (χ2v) is 7.94. The summed E-state index contributed by atoms with van der Waals surface area (Å²) < 4.78 is 23.0. The van der Waals surface area contributed by atoms with Crippen LogP contribution in [0.25, 0.3) is 0 Å². The highest BCUT2D eigenvalue weighted by Crippen LogP contribution is 2.17. The summed E-state index contributed by atoms with van der Waals surface area (Å²) in [6, 6.07) is 0.280. The number of rotatable bonds is 6. The molecule has 0 saturated heterocycles. The minimum Gasteiger partial charge on any atom is -0.314 e. The molecule has 92 valence electrons. The molecule has 0 saturated carbocycles. The van der Waals surface area contributed by atoms with Crippen molar-refractivity contribution in [1.29, 1.82) is 0 Å². The third kappa shape index (κ3) is 5.52. The van der Waals surface area contributed by atoms with E-state index in [2.05, 4.69) is 12.2 Å². The molecule has 1 unspecified atom stereocenters. The second kappa shape index (κ2) is 5.85. The Morgan fingerprint density at radius 1 is 1.27 bits per heavy atom. The summed E-state index contributed by atoms with van der Waals surface area (Å²) in [5, 5.41) is 3.29. The van der Waals surface area contributed by atoms with Gasteiger partial charge in [0.15, 0.2) is 9.84 Å². The predicted octanol–water partition coefficient (Wildman–Crippen LogP) is 1.98. The van der Waals surface area contributed by atoms with Crippen LogP contribution in [0.4, 0.5) is 0 Å². The van der Waals surface area contributed by atoms with E-state index in [0.717, 1.165) is 13.0 Å². The van der Waals surface area contributed by atoms with E-state index in [9.17, 15) is 8.42 Å². The lowest BCUT2D eigenvalue weighted by molar-refractivity contribution is 0.516. The first-order valence-corrected chi connectivity index (χ1v) is 7.31. The predicted molar refractivity (Wildman–Crippen MR) is 65.9 cm³/mol. The van der Waals surface area contributed by atoms with Gasteiger partial charge in [0.2, 0.25) is 0 Å². The standard InChI is InChI=1S/C11H25NO2S/c1-6-8-12-10(2)7-9-15(13,14)11(3,4)5/h10,12H,6-9H2,1-5H3. The molecule has 15 heavy (non-hydrogen) atoms. The Morgan fingerprint density at radius 2 is 1.80 bits per heavy atom. The quantitative estimate of drug-likeness (QED) is 0.765. The highest BCUT2D eigenvalue weighted by atomic mass is 32.2. The molecule has 1 atom stereocenters. The minimum atomic E-state index is -2.96. The molecule has 0 aromatic carbocycles. The van der Waals surface area contributed by atoms with Crippen LogP contribution in [0.5, 0.6) is 0 Å². The molecule has 0 rings (SSSR count). The van der Waals surface area contributed by atoms with Gasteiger partial charge in [0.25, 0.3) is 0 Å². The fourth-order valence-electron chi connectivity index (χ4n) is 1.13. The lowest BCUT2D eigenvalue weighted by Crippen LogP contribution is -2.34. The Balaban J connectivity index is 4.06. The van der Waals surface area contributed by atoms with Crippen molar-refractivity contribution in [3.63, 3.8) is 0 Å². The van der Waals surface area contributed by atoms with Gasteiger partial charge in [-0.25, -0.2) is 8.42 Å². The fourth-order valence-corrected chi connectivity index (χ4v) is 2.41. The van der Waals surface area contributed by atoms with E-state index >= 15 is 0 Å². The Hall–Kier alpha value is -0.0900. The van der Waals surface area contributed by atoms with E-state index in [4.69, 9.17) is 0 Å². The molecule has 0 aromatic rings. The SMILES string of the molecule is CCCNC(C)CCS(=O)(=O)C(C)(C)C. The van der Waals surface area contributed by atoms with Gasteiger partial charge in [-0.1, -0.05) is 6.92 Å². The zero-order valence-electron chi connectivity index (χ0n) is 10.6. The number of hydrogen-bond acceptors (Lipinski definition) is 3. The van der Waals surface area contributed by atoms with Crippen LogP contribution < -0.4 is 5.32 Å². The van der Waals surface area contributed by atoms with Gasteiger partial charge in [-0.15, -0.1) is 0 Å². The zero-order chi connectivity index (χ0) is 12.1. The topological polar surface area (TPSA) is 46.2 Å². The molecule has 0 aliphatic heterocycles. The minimum absolute atomic E-state index is 0.272. The Labute approximate surface area is 94.6 Å². The average molecular weight is 235 g/mol. The van der Waals surface area contributed by atoms with Crippen molar-refractivity contribution in [2.75, 3.05) is 12.3 Å². The normalized spacial score (nSPS) is 15.3. The third-order valence-electron chi connectivity index (χ3n) is 2.50. The van der Waals surface area contributed by atoms with Crippen LogP contribution in [0.1, 0.15) is 47.5 Å². The van der Waals surface area contributed by atoms with Gasteiger partial charge < -0.3 is 5.32 Å². The second-order valence-electron chi connectivity index (χ2n) is 5.08. The fraction of sp³-hybridized carbons (Fsp3) is 1.00. The maximum absolute atomic E-state index is 11.8. The Bertz CT molecular complexity index is 265. The number of sulfone groups is 1. The van der Waals surface area contributed by atoms with Crippen molar-refractivity contribution in [2.24, 2.45) is 0 Å². The van der Waals surface area contributed by atoms with Crippen molar-refractivity contribution in [3.05, 3.63) is 0 Å². The average Bonchev–Trinajstić information content (AvgIpc) is 2.09. The van der Waals surface area contributed by atoms with Crippen LogP contribution >= 0.6 is 0 Å². The molecule has 0 radical (unpaired) electrons. The van der Waals surface area contributed by atoms with E-state index in [1.165, 1.54) is 0 Å². The first kappa shape index (κ1) is 14.9. The first-order valence-electron chi connectivity index (χ1n) is 5.66.